The maximum Gasteiger partial charge on any atom is 0.325 e. The van der Waals surface area contributed by atoms with E-state index in [9.17, 15) is 14.4 Å². The van der Waals surface area contributed by atoms with Crippen LogP contribution in [0.3, 0.4) is 0 Å². The molecule has 0 atom stereocenters. The molecule has 0 unspecified atom stereocenters. The highest BCUT2D eigenvalue weighted by Crippen LogP contribution is 2.22. The Morgan fingerprint density at radius 3 is 2.50 bits per heavy atom. The molecule has 1 heterocycles. The smallest absolute Gasteiger partial charge is 0.325 e. The van der Waals surface area contributed by atoms with Crippen molar-refractivity contribution < 1.29 is 23.5 Å². The number of hydrogen-bond donors (Lipinski definition) is 1. The Balaban J connectivity index is 1.79. The molecule has 1 aromatic heterocycles. The summed E-state index contributed by atoms with van der Waals surface area (Å²) in [6, 6.07) is 7.32. The van der Waals surface area contributed by atoms with Crippen LogP contribution in [0.2, 0.25) is 10.0 Å². The van der Waals surface area contributed by atoms with Gasteiger partial charge in [0.15, 0.2) is 22.8 Å². The second-order valence-corrected chi connectivity index (χ2v) is 6.10. The van der Waals surface area contributed by atoms with Crippen molar-refractivity contribution in [2.75, 3.05) is 13.2 Å². The van der Waals surface area contributed by atoms with Crippen molar-refractivity contribution in [2.45, 2.75) is 0 Å². The quantitative estimate of drug-likeness (QED) is 0.555. The predicted molar refractivity (Wildman–Crippen MR) is 90.5 cm³/mol. The molecule has 1 N–H and O–H groups in total. The van der Waals surface area contributed by atoms with Gasteiger partial charge in [-0.15, -0.1) is 0 Å². The molecule has 0 saturated carbocycles. The number of carbonyl (C=O) groups excluding carboxylic acids is 3. The van der Waals surface area contributed by atoms with Crippen LogP contribution in [-0.4, -0.2) is 30.8 Å². The first-order chi connectivity index (χ1) is 11.4. The summed E-state index contributed by atoms with van der Waals surface area (Å²) in [5.74, 6) is -1.74. The first-order valence-electron chi connectivity index (χ1n) is 6.54. The van der Waals surface area contributed by atoms with Gasteiger partial charge in [-0.3, -0.25) is 14.4 Å². The van der Waals surface area contributed by atoms with Gasteiger partial charge in [0.25, 0.3) is 5.91 Å². The van der Waals surface area contributed by atoms with E-state index < -0.39 is 30.8 Å². The van der Waals surface area contributed by atoms with Gasteiger partial charge in [-0.25, -0.2) is 0 Å². The lowest BCUT2D eigenvalue weighted by Gasteiger charge is -2.06. The summed E-state index contributed by atoms with van der Waals surface area (Å²) in [6.45, 7) is -0.870. The molecule has 0 aliphatic carbocycles. The van der Waals surface area contributed by atoms with Crippen LogP contribution in [0.15, 0.2) is 39.4 Å². The molecule has 0 aliphatic rings. The number of ether oxygens (including phenoxy) is 1. The summed E-state index contributed by atoms with van der Waals surface area (Å²) in [4.78, 5) is 35.1. The minimum absolute atomic E-state index is 0.0431. The van der Waals surface area contributed by atoms with Crippen molar-refractivity contribution in [3.05, 3.63) is 56.4 Å². The number of amides is 1. The summed E-state index contributed by atoms with van der Waals surface area (Å²) in [6.07, 6.45) is 0. The van der Waals surface area contributed by atoms with Gasteiger partial charge in [0.2, 0.25) is 0 Å². The topological polar surface area (TPSA) is 85.6 Å². The van der Waals surface area contributed by atoms with E-state index in [1.807, 2.05) is 0 Å². The van der Waals surface area contributed by atoms with Crippen molar-refractivity contribution in [2.24, 2.45) is 0 Å². The van der Waals surface area contributed by atoms with E-state index in [-0.39, 0.29) is 16.3 Å². The molecule has 0 spiro atoms. The van der Waals surface area contributed by atoms with Gasteiger partial charge in [-0.1, -0.05) is 23.2 Å². The summed E-state index contributed by atoms with van der Waals surface area (Å²) in [5, 5.41) is 2.86. The third-order valence-corrected chi connectivity index (χ3v) is 3.96. The van der Waals surface area contributed by atoms with Crippen LogP contribution in [0.5, 0.6) is 0 Å². The highest BCUT2D eigenvalue weighted by atomic mass is 79.9. The maximum atomic E-state index is 11.9. The molecule has 0 saturated heterocycles. The fourth-order valence-corrected chi connectivity index (χ4v) is 2.23. The van der Waals surface area contributed by atoms with Crippen LogP contribution in [0, 0.1) is 0 Å². The lowest BCUT2D eigenvalue weighted by Crippen LogP contribution is -2.31. The van der Waals surface area contributed by atoms with E-state index in [4.69, 9.17) is 32.4 Å². The first-order valence-corrected chi connectivity index (χ1v) is 8.09. The molecule has 24 heavy (non-hydrogen) atoms. The first kappa shape index (κ1) is 18.5. The molecule has 6 nitrogen and oxygen atoms in total. The second kappa shape index (κ2) is 8.32. The zero-order valence-electron chi connectivity index (χ0n) is 12.0. The van der Waals surface area contributed by atoms with Gasteiger partial charge >= 0.3 is 5.97 Å². The van der Waals surface area contributed by atoms with Gasteiger partial charge in [-0.05, 0) is 46.3 Å². The summed E-state index contributed by atoms with van der Waals surface area (Å²) < 4.78 is 10.2. The number of halogens is 3. The number of nitrogens with one attached hydrogen (secondary N) is 1. The molecular formula is C15H10BrCl2NO5. The van der Waals surface area contributed by atoms with Crippen LogP contribution in [-0.2, 0) is 9.53 Å². The molecule has 9 heteroatoms. The number of carbonyl (C=O) groups is 3. The standard InChI is InChI=1S/C15H10BrCl2NO5/c16-13-4-3-12(24-13)15(22)19-6-14(21)23-7-11(20)8-1-2-9(17)10(18)5-8/h1-5H,6-7H2,(H,19,22). The lowest BCUT2D eigenvalue weighted by molar-refractivity contribution is -0.141. The molecular weight excluding hydrogens is 425 g/mol. The number of hydrogen-bond acceptors (Lipinski definition) is 5. The van der Waals surface area contributed by atoms with E-state index in [0.29, 0.717) is 9.69 Å². The Morgan fingerprint density at radius 2 is 1.88 bits per heavy atom. The Morgan fingerprint density at radius 1 is 1.12 bits per heavy atom. The summed E-state index contributed by atoms with van der Waals surface area (Å²) in [5.41, 5.74) is 0.265. The van der Waals surface area contributed by atoms with Gasteiger partial charge in [0, 0.05) is 5.56 Å². The van der Waals surface area contributed by atoms with Crippen LogP contribution in [0.25, 0.3) is 0 Å². The molecule has 2 rings (SSSR count). The number of benzene rings is 1. The van der Waals surface area contributed by atoms with Crippen molar-refractivity contribution in [3.8, 4) is 0 Å². The molecule has 1 amide bonds. The van der Waals surface area contributed by atoms with Gasteiger partial charge in [0.1, 0.15) is 6.54 Å². The number of Topliss-reactive ketones (excluding diaryl/α,β-unsaturated/α-hetero) is 1. The molecule has 0 bridgehead atoms. The second-order valence-electron chi connectivity index (χ2n) is 4.50. The lowest BCUT2D eigenvalue weighted by atomic mass is 10.1. The van der Waals surface area contributed by atoms with E-state index in [2.05, 4.69) is 21.2 Å². The average Bonchev–Trinajstić information content (AvgIpc) is 2.99. The van der Waals surface area contributed by atoms with Gasteiger partial charge in [0.05, 0.1) is 10.0 Å². The normalized spacial score (nSPS) is 10.3. The van der Waals surface area contributed by atoms with Crippen LogP contribution in [0.1, 0.15) is 20.9 Å². The van der Waals surface area contributed by atoms with E-state index >= 15 is 0 Å². The summed E-state index contributed by atoms with van der Waals surface area (Å²) in [7, 11) is 0. The monoisotopic (exact) mass is 433 g/mol. The zero-order chi connectivity index (χ0) is 17.7. The maximum absolute atomic E-state index is 11.9. The van der Waals surface area contributed by atoms with Crippen LogP contribution in [0.4, 0.5) is 0 Å². The molecule has 0 fully saturated rings. The molecule has 2 aromatic rings. The van der Waals surface area contributed by atoms with Crippen molar-refractivity contribution in [1.29, 1.82) is 0 Å². The Labute approximate surface area is 155 Å². The molecule has 126 valence electrons. The minimum Gasteiger partial charge on any atom is -0.456 e. The van der Waals surface area contributed by atoms with Crippen LogP contribution >= 0.6 is 39.1 Å². The average molecular weight is 435 g/mol. The molecule has 0 aliphatic heterocycles. The number of esters is 1. The largest absolute Gasteiger partial charge is 0.456 e. The van der Waals surface area contributed by atoms with Crippen molar-refractivity contribution in [3.63, 3.8) is 0 Å². The van der Waals surface area contributed by atoms with Crippen molar-refractivity contribution in [1.82, 2.24) is 5.32 Å². The highest BCUT2D eigenvalue weighted by Gasteiger charge is 2.14. The third-order valence-electron chi connectivity index (χ3n) is 2.80. The fraction of sp³-hybridized carbons (Fsp3) is 0.133. The fourth-order valence-electron chi connectivity index (χ4n) is 1.63. The minimum atomic E-state index is -0.762. The Hall–Kier alpha value is -1.83. The van der Waals surface area contributed by atoms with E-state index in [0.717, 1.165) is 0 Å². The molecule has 1 aromatic carbocycles. The van der Waals surface area contributed by atoms with E-state index in [1.54, 1.807) is 6.07 Å². The predicted octanol–water partition coefficient (Wildman–Crippen LogP) is 3.50. The zero-order valence-corrected chi connectivity index (χ0v) is 15.1. The number of furan rings is 1. The highest BCUT2D eigenvalue weighted by molar-refractivity contribution is 9.10. The van der Waals surface area contributed by atoms with Crippen LogP contribution < -0.4 is 5.32 Å². The number of ketones is 1. The molecule has 0 radical (unpaired) electrons. The summed E-state index contributed by atoms with van der Waals surface area (Å²) >= 11 is 14.6. The van der Waals surface area contributed by atoms with Gasteiger partial charge in [-0.2, -0.15) is 0 Å². The Kier molecular flexibility index (Phi) is 6.42. The van der Waals surface area contributed by atoms with Gasteiger partial charge < -0.3 is 14.5 Å². The SMILES string of the molecule is O=C(CNC(=O)c1ccc(Br)o1)OCC(=O)c1ccc(Cl)c(Cl)c1. The Bertz CT molecular complexity index is 790. The van der Waals surface area contributed by atoms with E-state index in [1.165, 1.54) is 24.3 Å². The van der Waals surface area contributed by atoms with Crippen molar-refractivity contribution >= 4 is 56.8 Å². The third kappa shape index (κ3) is 5.09. The number of rotatable bonds is 6.